The molecule has 1 atom stereocenters. The molecule has 4 heteroatoms. The zero-order valence-electron chi connectivity index (χ0n) is 4.50. The van der Waals surface area contributed by atoms with Gasteiger partial charge in [0.25, 0.3) is 0 Å². The maximum atomic E-state index is 4.97. The number of rotatable bonds is 1. The molecule has 48 valence electrons. The highest BCUT2D eigenvalue weighted by atomic mass is 32.2. The van der Waals surface area contributed by atoms with Crippen LogP contribution in [-0.4, -0.2) is 22.7 Å². The third-order valence-electron chi connectivity index (χ3n) is 0.937. The first kappa shape index (κ1) is 6.74. The number of thioether (sulfide) groups is 2. The van der Waals surface area contributed by atoms with Crippen LogP contribution in [-0.2, 0) is 4.84 Å². The lowest BCUT2D eigenvalue weighted by atomic mass is 10.8. The highest BCUT2D eigenvalue weighted by Crippen LogP contribution is 2.23. The van der Waals surface area contributed by atoms with Crippen molar-refractivity contribution >= 4 is 23.5 Å². The molecule has 1 heterocycles. The summed E-state index contributed by atoms with van der Waals surface area (Å²) in [5.41, 5.74) is 0.244. The van der Waals surface area contributed by atoms with Crippen LogP contribution in [0.3, 0.4) is 0 Å². The molecule has 0 aromatic heterocycles. The van der Waals surface area contributed by atoms with Gasteiger partial charge in [0, 0.05) is 17.3 Å². The summed E-state index contributed by atoms with van der Waals surface area (Å²) in [5.74, 6) is 8.43. The van der Waals surface area contributed by atoms with Crippen molar-refractivity contribution in [3.63, 3.8) is 0 Å². The molecule has 0 saturated carbocycles. The van der Waals surface area contributed by atoms with Crippen LogP contribution in [0.5, 0.6) is 0 Å². The number of hydrogen-bond acceptors (Lipinski definition) is 4. The molecule has 0 aromatic rings. The van der Waals surface area contributed by atoms with Gasteiger partial charge in [-0.2, -0.15) is 11.8 Å². The average Bonchev–Trinajstić information content (AvgIpc) is 1.90. The van der Waals surface area contributed by atoms with Gasteiger partial charge < -0.3 is 0 Å². The first-order chi connectivity index (χ1) is 3.93. The minimum atomic E-state index is 0.244. The van der Waals surface area contributed by atoms with Crippen LogP contribution >= 0.6 is 23.5 Å². The maximum absolute atomic E-state index is 4.97. The van der Waals surface area contributed by atoms with E-state index in [1.54, 1.807) is 11.8 Å². The summed E-state index contributed by atoms with van der Waals surface area (Å²) < 4.78 is 0. The monoisotopic (exact) mass is 151 g/mol. The van der Waals surface area contributed by atoms with Crippen LogP contribution in [0.15, 0.2) is 0 Å². The third-order valence-corrected chi connectivity index (χ3v) is 3.53. The van der Waals surface area contributed by atoms with Crippen LogP contribution in [0.25, 0.3) is 0 Å². The summed E-state index contributed by atoms with van der Waals surface area (Å²) in [6, 6.07) is 0. The van der Waals surface area contributed by atoms with Gasteiger partial charge in [0.1, 0.15) is 5.44 Å². The first-order valence-corrected chi connectivity index (χ1v) is 4.68. The Morgan fingerprint density at radius 2 is 2.38 bits per heavy atom. The minimum Gasteiger partial charge on any atom is -0.290 e. The summed E-state index contributed by atoms with van der Waals surface area (Å²) in [4.78, 5) is 4.63. The van der Waals surface area contributed by atoms with Crippen molar-refractivity contribution in [1.29, 1.82) is 0 Å². The smallest absolute Gasteiger partial charge is 0.133 e. The second-order valence-electron chi connectivity index (χ2n) is 1.51. The van der Waals surface area contributed by atoms with Crippen molar-refractivity contribution < 1.29 is 4.84 Å². The third kappa shape index (κ3) is 1.85. The van der Waals surface area contributed by atoms with E-state index >= 15 is 0 Å². The molecule has 0 aromatic carbocycles. The molecule has 0 aliphatic carbocycles. The van der Waals surface area contributed by atoms with Gasteiger partial charge >= 0.3 is 0 Å². The van der Waals surface area contributed by atoms with Crippen molar-refractivity contribution in [2.75, 3.05) is 17.3 Å². The summed E-state index contributed by atoms with van der Waals surface area (Å²) >= 11 is 3.70. The zero-order valence-corrected chi connectivity index (χ0v) is 6.13. The van der Waals surface area contributed by atoms with Gasteiger partial charge in [-0.25, -0.2) is 5.90 Å². The van der Waals surface area contributed by atoms with E-state index in [9.17, 15) is 0 Å². The normalized spacial score (nSPS) is 30.4. The van der Waals surface area contributed by atoms with Gasteiger partial charge in [0.2, 0.25) is 0 Å². The molecule has 8 heavy (non-hydrogen) atoms. The molecule has 1 aliphatic rings. The highest BCUT2D eigenvalue weighted by Gasteiger charge is 2.12. The summed E-state index contributed by atoms with van der Waals surface area (Å²) in [6.45, 7) is 0. The second-order valence-corrected chi connectivity index (χ2v) is 3.93. The van der Waals surface area contributed by atoms with E-state index in [-0.39, 0.29) is 5.44 Å². The molecule has 1 aliphatic heterocycles. The van der Waals surface area contributed by atoms with E-state index < -0.39 is 0 Å². The maximum Gasteiger partial charge on any atom is 0.133 e. The molecule has 0 radical (unpaired) electrons. The van der Waals surface area contributed by atoms with Crippen LogP contribution in [0, 0.1) is 0 Å². The predicted octanol–water partition coefficient (Wildman–Crippen LogP) is 0.683. The summed E-state index contributed by atoms with van der Waals surface area (Å²) in [5, 5.41) is 0. The Kier molecular flexibility index (Phi) is 3.04. The van der Waals surface area contributed by atoms with E-state index in [1.165, 1.54) is 11.5 Å². The molecule has 2 nitrogen and oxygen atoms in total. The van der Waals surface area contributed by atoms with Crippen LogP contribution in [0.4, 0.5) is 0 Å². The van der Waals surface area contributed by atoms with Crippen molar-refractivity contribution in [1.82, 2.24) is 0 Å². The van der Waals surface area contributed by atoms with E-state index in [1.807, 2.05) is 11.8 Å². The van der Waals surface area contributed by atoms with Gasteiger partial charge in [0.05, 0.1) is 0 Å². The minimum absolute atomic E-state index is 0.244. The Bertz CT molecular complexity index is 65.1. The van der Waals surface area contributed by atoms with Gasteiger partial charge in [0.15, 0.2) is 0 Å². The molecule has 1 rings (SSSR count). The Morgan fingerprint density at radius 3 is 2.75 bits per heavy atom. The van der Waals surface area contributed by atoms with Crippen LogP contribution < -0.4 is 5.90 Å². The Morgan fingerprint density at radius 1 is 1.50 bits per heavy atom. The van der Waals surface area contributed by atoms with Crippen molar-refractivity contribution in [2.24, 2.45) is 5.90 Å². The zero-order chi connectivity index (χ0) is 5.82. The van der Waals surface area contributed by atoms with E-state index in [4.69, 9.17) is 5.90 Å². The van der Waals surface area contributed by atoms with Gasteiger partial charge in [-0.15, -0.1) is 11.8 Å². The van der Waals surface area contributed by atoms with Crippen LogP contribution in [0.2, 0.25) is 0 Å². The molecule has 0 amide bonds. The van der Waals surface area contributed by atoms with Crippen molar-refractivity contribution in [3.8, 4) is 0 Å². The van der Waals surface area contributed by atoms with Crippen LogP contribution in [0.1, 0.15) is 0 Å². The molecule has 1 fully saturated rings. The highest BCUT2D eigenvalue weighted by molar-refractivity contribution is 8.06. The summed E-state index contributed by atoms with van der Waals surface area (Å²) in [7, 11) is 0. The van der Waals surface area contributed by atoms with E-state index in [0.29, 0.717) is 0 Å². The second kappa shape index (κ2) is 3.61. The molecule has 0 bridgehead atoms. The summed E-state index contributed by atoms with van der Waals surface area (Å²) in [6.07, 6.45) is 0. The standard InChI is InChI=1S/C4H9NOS2/c5-6-4-3-7-1-2-8-4/h4H,1-3,5H2. The molecule has 0 spiro atoms. The molecular weight excluding hydrogens is 142 g/mol. The SMILES string of the molecule is NOC1CSCCS1. The van der Waals surface area contributed by atoms with E-state index in [2.05, 4.69) is 4.84 Å². The fraction of sp³-hybridized carbons (Fsp3) is 1.00. The number of hydrogen-bond donors (Lipinski definition) is 1. The van der Waals surface area contributed by atoms with Gasteiger partial charge in [-0.3, -0.25) is 4.84 Å². The van der Waals surface area contributed by atoms with Crippen molar-refractivity contribution in [3.05, 3.63) is 0 Å². The quantitative estimate of drug-likeness (QED) is 0.559. The predicted molar refractivity (Wildman–Crippen MR) is 38.8 cm³/mol. The number of nitrogens with two attached hydrogens (primary N) is 1. The first-order valence-electron chi connectivity index (χ1n) is 2.48. The molecular formula is C4H9NOS2. The molecule has 1 saturated heterocycles. The fourth-order valence-electron chi connectivity index (χ4n) is 0.545. The topological polar surface area (TPSA) is 35.2 Å². The van der Waals surface area contributed by atoms with Crippen molar-refractivity contribution in [2.45, 2.75) is 5.44 Å². The molecule has 1 unspecified atom stereocenters. The Hall–Kier alpha value is 0.620. The Balaban J connectivity index is 2.13. The van der Waals surface area contributed by atoms with Gasteiger partial charge in [-0.05, 0) is 0 Å². The average molecular weight is 151 g/mol. The Labute approximate surface area is 57.5 Å². The lowest BCUT2D eigenvalue weighted by Crippen LogP contribution is -2.20. The molecule has 2 N–H and O–H groups in total. The lowest BCUT2D eigenvalue weighted by Gasteiger charge is -2.17. The largest absolute Gasteiger partial charge is 0.290 e. The van der Waals surface area contributed by atoms with E-state index in [0.717, 1.165) is 5.75 Å². The fourth-order valence-corrected chi connectivity index (χ4v) is 2.85. The van der Waals surface area contributed by atoms with Gasteiger partial charge in [-0.1, -0.05) is 0 Å². The lowest BCUT2D eigenvalue weighted by molar-refractivity contribution is 0.130.